The molecule has 1 aromatic carbocycles. The van der Waals surface area contributed by atoms with E-state index < -0.39 is 0 Å². The number of para-hydroxylation sites is 2. The van der Waals surface area contributed by atoms with E-state index in [-0.39, 0.29) is 30.6 Å². The van der Waals surface area contributed by atoms with Crippen LogP contribution in [0.2, 0.25) is 0 Å². The maximum atomic E-state index is 11.3. The van der Waals surface area contributed by atoms with E-state index in [0.717, 1.165) is 42.6 Å². The summed E-state index contributed by atoms with van der Waals surface area (Å²) < 4.78 is 6.77. The number of piperazine rings is 1. The highest BCUT2D eigenvalue weighted by Crippen LogP contribution is 2.29. The number of nitrogens with zero attached hydrogens (tertiary/aromatic N) is 2. The number of halogens is 2. The van der Waals surface area contributed by atoms with Crippen LogP contribution in [0.15, 0.2) is 40.6 Å². The van der Waals surface area contributed by atoms with Gasteiger partial charge in [0.2, 0.25) is 0 Å². The van der Waals surface area contributed by atoms with E-state index in [1.54, 1.807) is 25.4 Å². The summed E-state index contributed by atoms with van der Waals surface area (Å²) in [5, 5.41) is 0. The molecule has 0 unspecified atom stereocenters. The van der Waals surface area contributed by atoms with Gasteiger partial charge in [0, 0.05) is 26.2 Å². The van der Waals surface area contributed by atoms with Crippen molar-refractivity contribution >= 4 is 59.4 Å². The quantitative estimate of drug-likeness (QED) is 0.204. The van der Waals surface area contributed by atoms with Crippen LogP contribution in [0, 0.1) is 0 Å². The minimum atomic E-state index is 0. The molecule has 1 aliphatic rings. The van der Waals surface area contributed by atoms with E-state index >= 15 is 0 Å². The zero-order chi connectivity index (χ0) is 20.5. The van der Waals surface area contributed by atoms with Crippen molar-refractivity contribution in [2.75, 3.05) is 50.5 Å². The number of thiophene rings is 1. The third kappa shape index (κ3) is 8.85. The highest BCUT2D eigenvalue weighted by Gasteiger charge is 2.18. The molecule has 2 heterocycles. The van der Waals surface area contributed by atoms with Gasteiger partial charge in [0.15, 0.2) is 5.78 Å². The van der Waals surface area contributed by atoms with Gasteiger partial charge in [-0.05, 0) is 56.3 Å². The van der Waals surface area contributed by atoms with Gasteiger partial charge >= 0.3 is 0 Å². The lowest BCUT2D eigenvalue weighted by molar-refractivity contribution is 0.102. The molecular formula is C23H34Cl2N2O2S2. The fourth-order valence-corrected chi connectivity index (χ4v) is 5.76. The summed E-state index contributed by atoms with van der Waals surface area (Å²) in [7, 11) is 1.75. The lowest BCUT2D eigenvalue weighted by Gasteiger charge is -2.36. The lowest BCUT2D eigenvalue weighted by Crippen LogP contribution is -2.46. The largest absolute Gasteiger partial charge is 0.495 e. The Kier molecular flexibility index (Phi) is 13.6. The Morgan fingerprint density at radius 2 is 1.71 bits per heavy atom. The van der Waals surface area contributed by atoms with E-state index in [4.69, 9.17) is 4.74 Å². The fraction of sp³-hybridized carbons (Fsp3) is 0.522. The first-order valence-electron chi connectivity index (χ1n) is 10.5. The molecule has 3 rings (SSSR count). The molecule has 0 aliphatic carbocycles. The van der Waals surface area contributed by atoms with Crippen LogP contribution < -0.4 is 9.64 Å². The number of unbranched alkanes of at least 4 members (excludes halogenated alkanes) is 3. The zero-order valence-corrected chi connectivity index (χ0v) is 21.6. The number of Topliss-reactive ketones (excluding diaryl/α,β-unsaturated/α-hetero) is 1. The van der Waals surface area contributed by atoms with Crippen molar-refractivity contribution in [3.05, 3.63) is 41.3 Å². The van der Waals surface area contributed by atoms with Crippen LogP contribution in [-0.2, 0) is 0 Å². The first kappa shape index (κ1) is 28.1. The normalized spacial score (nSPS) is 13.9. The monoisotopic (exact) mass is 504 g/mol. The van der Waals surface area contributed by atoms with Gasteiger partial charge in [-0.2, -0.15) is 0 Å². The van der Waals surface area contributed by atoms with Crippen molar-refractivity contribution in [2.24, 2.45) is 0 Å². The van der Waals surface area contributed by atoms with E-state index in [9.17, 15) is 4.79 Å². The van der Waals surface area contributed by atoms with Gasteiger partial charge in [0.05, 0.1) is 21.9 Å². The first-order chi connectivity index (χ1) is 14.2. The lowest BCUT2D eigenvalue weighted by atomic mass is 10.2. The van der Waals surface area contributed by atoms with Gasteiger partial charge in [-0.25, -0.2) is 0 Å². The second kappa shape index (κ2) is 15.0. The number of ketones is 1. The third-order valence-corrected chi connectivity index (χ3v) is 7.84. The van der Waals surface area contributed by atoms with Crippen LogP contribution in [0.5, 0.6) is 5.75 Å². The molecular weight excluding hydrogens is 471 g/mol. The minimum absolute atomic E-state index is 0. The maximum absolute atomic E-state index is 11.3. The maximum Gasteiger partial charge on any atom is 0.169 e. The number of methoxy groups -OCH3 is 1. The second-order valence-electron chi connectivity index (χ2n) is 7.44. The molecule has 0 bridgehead atoms. The summed E-state index contributed by atoms with van der Waals surface area (Å²) >= 11 is 3.51. The molecule has 1 saturated heterocycles. The molecule has 8 heteroatoms. The molecule has 1 fully saturated rings. The number of benzene rings is 1. The Morgan fingerprint density at radius 3 is 2.39 bits per heavy atom. The van der Waals surface area contributed by atoms with Crippen LogP contribution in [0.25, 0.3) is 0 Å². The van der Waals surface area contributed by atoms with Crippen LogP contribution in [0.3, 0.4) is 0 Å². The highest BCUT2D eigenvalue weighted by atomic mass is 35.5. The number of hydrogen-bond acceptors (Lipinski definition) is 6. The van der Waals surface area contributed by atoms with E-state index in [1.807, 2.05) is 30.0 Å². The van der Waals surface area contributed by atoms with E-state index in [1.165, 1.54) is 42.1 Å². The van der Waals surface area contributed by atoms with Gasteiger partial charge in [0.25, 0.3) is 0 Å². The number of carbonyl (C=O) groups excluding carboxylic acids is 1. The van der Waals surface area contributed by atoms with Crippen molar-refractivity contribution in [2.45, 2.75) is 36.8 Å². The summed E-state index contributed by atoms with van der Waals surface area (Å²) in [5.41, 5.74) is 1.22. The van der Waals surface area contributed by atoms with Crippen molar-refractivity contribution in [1.29, 1.82) is 0 Å². The molecule has 0 saturated carbocycles. The average Bonchev–Trinajstić information content (AvgIpc) is 3.23. The van der Waals surface area contributed by atoms with Gasteiger partial charge in [-0.15, -0.1) is 47.9 Å². The highest BCUT2D eigenvalue weighted by molar-refractivity contribution is 8.01. The summed E-state index contributed by atoms with van der Waals surface area (Å²) in [6, 6.07) is 12.3. The molecule has 0 N–H and O–H groups in total. The standard InChI is InChI=1S/C23H32N2O2S2.2ClH/c1-19(26)22-11-12-23(29-22)28-18-8-4-3-7-13-24-14-16-25(17-15-24)20-9-5-6-10-21(20)27-2;;/h5-6,9-12H,3-4,7-8,13-18H2,1-2H3;2*1H. The Labute approximate surface area is 207 Å². The first-order valence-corrected chi connectivity index (χ1v) is 12.3. The van der Waals surface area contributed by atoms with E-state index in [0.29, 0.717) is 0 Å². The summed E-state index contributed by atoms with van der Waals surface area (Å²) in [4.78, 5) is 17.3. The molecule has 0 spiro atoms. The Hall–Kier alpha value is -0.920. The summed E-state index contributed by atoms with van der Waals surface area (Å²) in [6.45, 7) is 7.24. The van der Waals surface area contributed by atoms with Gasteiger partial charge < -0.3 is 9.64 Å². The van der Waals surface area contributed by atoms with Gasteiger partial charge in [0.1, 0.15) is 5.75 Å². The SMILES string of the molecule is COc1ccccc1N1CCN(CCCCCCSc2ccc(C(C)=O)s2)CC1.Cl.Cl. The number of ether oxygens (including phenoxy) is 1. The number of anilines is 1. The van der Waals surface area contributed by atoms with Crippen molar-refractivity contribution in [3.63, 3.8) is 0 Å². The molecule has 31 heavy (non-hydrogen) atoms. The number of rotatable bonds is 11. The Morgan fingerprint density at radius 1 is 1.00 bits per heavy atom. The van der Waals surface area contributed by atoms with Crippen molar-refractivity contribution in [1.82, 2.24) is 4.90 Å². The zero-order valence-electron chi connectivity index (χ0n) is 18.4. The fourth-order valence-electron chi connectivity index (χ4n) is 3.65. The molecule has 0 radical (unpaired) electrons. The molecule has 1 aliphatic heterocycles. The summed E-state index contributed by atoms with van der Waals surface area (Å²) in [5.74, 6) is 2.29. The Bertz CT molecular complexity index is 780. The number of hydrogen-bond donors (Lipinski definition) is 0. The summed E-state index contributed by atoms with van der Waals surface area (Å²) in [6.07, 6.45) is 5.13. The predicted octanol–water partition coefficient (Wildman–Crippen LogP) is 6.28. The van der Waals surface area contributed by atoms with Gasteiger partial charge in [-0.1, -0.05) is 25.0 Å². The minimum Gasteiger partial charge on any atom is -0.495 e. The molecule has 2 aromatic rings. The van der Waals surface area contributed by atoms with Crippen LogP contribution in [0.1, 0.15) is 42.3 Å². The smallest absolute Gasteiger partial charge is 0.169 e. The number of thioether (sulfide) groups is 1. The topological polar surface area (TPSA) is 32.8 Å². The number of carbonyl (C=O) groups is 1. The molecule has 0 amide bonds. The van der Waals surface area contributed by atoms with Crippen molar-refractivity contribution < 1.29 is 9.53 Å². The third-order valence-electron chi connectivity index (χ3n) is 5.34. The van der Waals surface area contributed by atoms with Gasteiger partial charge in [-0.3, -0.25) is 9.69 Å². The molecule has 0 atom stereocenters. The molecule has 174 valence electrons. The predicted molar refractivity (Wildman–Crippen MR) is 140 cm³/mol. The molecule has 1 aromatic heterocycles. The van der Waals surface area contributed by atoms with Crippen molar-refractivity contribution in [3.8, 4) is 5.75 Å². The van der Waals surface area contributed by atoms with Crippen LogP contribution >= 0.6 is 47.9 Å². The van der Waals surface area contributed by atoms with Crippen LogP contribution in [-0.4, -0.2) is 56.3 Å². The van der Waals surface area contributed by atoms with E-state index in [2.05, 4.69) is 28.0 Å². The second-order valence-corrected chi connectivity index (χ2v) is 9.92. The average molecular weight is 506 g/mol. The molecule has 4 nitrogen and oxygen atoms in total. The van der Waals surface area contributed by atoms with Crippen LogP contribution in [0.4, 0.5) is 5.69 Å². The Balaban J connectivity index is 0.00000240.